The highest BCUT2D eigenvalue weighted by molar-refractivity contribution is 5.94. The van der Waals surface area contributed by atoms with E-state index in [0.29, 0.717) is 44.0 Å². The molecule has 0 saturated carbocycles. The molecule has 1 atom stereocenters. The summed E-state index contributed by atoms with van der Waals surface area (Å²) in [6, 6.07) is 4.26. The van der Waals surface area contributed by atoms with Gasteiger partial charge in [0.05, 0.1) is 19.8 Å². The van der Waals surface area contributed by atoms with Crippen LogP contribution in [0, 0.1) is 5.82 Å². The summed E-state index contributed by atoms with van der Waals surface area (Å²) in [5.41, 5.74) is 6.16. The van der Waals surface area contributed by atoms with Crippen LogP contribution < -0.4 is 11.1 Å². The van der Waals surface area contributed by atoms with Gasteiger partial charge in [0.2, 0.25) is 5.91 Å². The molecule has 1 aliphatic heterocycles. The molecule has 1 aromatic rings. The molecule has 3 N–H and O–H groups in total. The van der Waals surface area contributed by atoms with Gasteiger partial charge in [-0.05, 0) is 37.5 Å². The molecule has 0 bridgehead atoms. The van der Waals surface area contributed by atoms with Crippen LogP contribution in [0.1, 0.15) is 41.6 Å². The Labute approximate surface area is 165 Å². The van der Waals surface area contributed by atoms with Crippen LogP contribution in [0.5, 0.6) is 0 Å². The first kappa shape index (κ1) is 22.3. The molecule has 0 spiro atoms. The summed E-state index contributed by atoms with van der Waals surface area (Å²) in [4.78, 5) is 26.5. The summed E-state index contributed by atoms with van der Waals surface area (Å²) in [6.07, 6.45) is 3.00. The molecule has 1 aliphatic rings. The Morgan fingerprint density at radius 1 is 1.32 bits per heavy atom. The number of benzene rings is 1. The van der Waals surface area contributed by atoms with Gasteiger partial charge in [-0.15, -0.1) is 0 Å². The van der Waals surface area contributed by atoms with E-state index in [1.165, 1.54) is 12.1 Å². The lowest BCUT2D eigenvalue weighted by atomic mass is 10.00. The van der Waals surface area contributed by atoms with E-state index in [0.717, 1.165) is 19.3 Å². The van der Waals surface area contributed by atoms with Gasteiger partial charge in [0, 0.05) is 50.3 Å². The maximum Gasteiger partial charge on any atom is 0.254 e. The topological polar surface area (TPSA) is 93.9 Å². The van der Waals surface area contributed by atoms with Crippen molar-refractivity contribution in [1.82, 2.24) is 10.2 Å². The fraction of sp³-hybridized carbons (Fsp3) is 0.600. The van der Waals surface area contributed by atoms with Crippen molar-refractivity contribution in [3.05, 3.63) is 35.1 Å². The number of ether oxygens (including phenoxy) is 2. The van der Waals surface area contributed by atoms with Crippen molar-refractivity contribution >= 4 is 11.8 Å². The Balaban J connectivity index is 2.03. The SMILES string of the molecule is COCCOCc1cc(C(=O)N2CCCCC2CNC(=O)CCN)ccc1F. The number of likely N-dealkylation sites (tertiary alicyclic amines) is 1. The summed E-state index contributed by atoms with van der Waals surface area (Å²) >= 11 is 0. The summed E-state index contributed by atoms with van der Waals surface area (Å²) < 4.78 is 24.3. The highest BCUT2D eigenvalue weighted by Crippen LogP contribution is 2.21. The number of nitrogens with zero attached hydrogens (tertiary/aromatic N) is 1. The van der Waals surface area contributed by atoms with Gasteiger partial charge < -0.3 is 25.4 Å². The highest BCUT2D eigenvalue weighted by Gasteiger charge is 2.28. The molecule has 0 radical (unpaired) electrons. The van der Waals surface area contributed by atoms with E-state index < -0.39 is 5.82 Å². The van der Waals surface area contributed by atoms with Crippen LogP contribution in [0.3, 0.4) is 0 Å². The van der Waals surface area contributed by atoms with Gasteiger partial charge in [-0.1, -0.05) is 0 Å². The molecule has 1 fully saturated rings. The van der Waals surface area contributed by atoms with E-state index in [1.54, 1.807) is 18.1 Å². The molecule has 8 heteroatoms. The fourth-order valence-corrected chi connectivity index (χ4v) is 3.24. The van der Waals surface area contributed by atoms with E-state index >= 15 is 0 Å². The normalized spacial score (nSPS) is 16.8. The number of amides is 2. The quantitative estimate of drug-likeness (QED) is 0.585. The zero-order valence-electron chi connectivity index (χ0n) is 16.4. The van der Waals surface area contributed by atoms with Crippen LogP contribution in [0.15, 0.2) is 18.2 Å². The zero-order chi connectivity index (χ0) is 20.4. The lowest BCUT2D eigenvalue weighted by molar-refractivity contribution is -0.121. The number of nitrogens with two attached hydrogens (primary N) is 1. The zero-order valence-corrected chi connectivity index (χ0v) is 16.4. The third-order valence-corrected chi connectivity index (χ3v) is 4.78. The van der Waals surface area contributed by atoms with E-state index in [4.69, 9.17) is 15.2 Å². The van der Waals surface area contributed by atoms with E-state index in [9.17, 15) is 14.0 Å². The van der Waals surface area contributed by atoms with Crippen molar-refractivity contribution in [1.29, 1.82) is 0 Å². The van der Waals surface area contributed by atoms with Crippen LogP contribution in [-0.4, -0.2) is 62.7 Å². The third-order valence-electron chi connectivity index (χ3n) is 4.78. The lowest BCUT2D eigenvalue weighted by Crippen LogP contribution is -2.49. The van der Waals surface area contributed by atoms with Crippen molar-refractivity contribution in [2.45, 2.75) is 38.3 Å². The molecule has 7 nitrogen and oxygen atoms in total. The summed E-state index contributed by atoms with van der Waals surface area (Å²) in [6.45, 7) is 2.17. The van der Waals surface area contributed by atoms with Crippen molar-refractivity contribution in [2.24, 2.45) is 5.73 Å². The molecular weight excluding hydrogens is 365 g/mol. The number of hydrogen-bond acceptors (Lipinski definition) is 5. The van der Waals surface area contributed by atoms with E-state index in [-0.39, 0.29) is 30.9 Å². The summed E-state index contributed by atoms with van der Waals surface area (Å²) in [5, 5.41) is 2.85. The predicted octanol–water partition coefficient (Wildman–Crippen LogP) is 1.45. The van der Waals surface area contributed by atoms with Crippen LogP contribution >= 0.6 is 0 Å². The number of hydrogen-bond donors (Lipinski definition) is 2. The van der Waals surface area contributed by atoms with Gasteiger partial charge in [0.25, 0.3) is 5.91 Å². The number of halogens is 1. The Morgan fingerprint density at radius 2 is 2.14 bits per heavy atom. The highest BCUT2D eigenvalue weighted by atomic mass is 19.1. The van der Waals surface area contributed by atoms with Crippen molar-refractivity contribution in [2.75, 3.05) is 40.0 Å². The number of carbonyl (C=O) groups excluding carboxylic acids is 2. The molecule has 1 saturated heterocycles. The first-order valence-electron chi connectivity index (χ1n) is 9.69. The maximum atomic E-state index is 14.0. The summed E-state index contributed by atoms with van der Waals surface area (Å²) in [7, 11) is 1.57. The molecule has 1 unspecified atom stereocenters. The van der Waals surface area contributed by atoms with Crippen molar-refractivity contribution < 1.29 is 23.5 Å². The molecular formula is C20H30FN3O4. The van der Waals surface area contributed by atoms with Gasteiger partial charge in [-0.2, -0.15) is 0 Å². The second-order valence-electron chi connectivity index (χ2n) is 6.84. The average molecular weight is 395 g/mol. The first-order chi connectivity index (χ1) is 13.6. The number of nitrogens with one attached hydrogen (secondary N) is 1. The first-order valence-corrected chi connectivity index (χ1v) is 9.69. The number of carbonyl (C=O) groups is 2. The minimum atomic E-state index is -0.404. The van der Waals surface area contributed by atoms with Gasteiger partial charge in [-0.25, -0.2) is 4.39 Å². The predicted molar refractivity (Wildman–Crippen MR) is 103 cm³/mol. The average Bonchev–Trinajstić information content (AvgIpc) is 2.71. The molecule has 2 rings (SSSR count). The van der Waals surface area contributed by atoms with Crippen LogP contribution in [-0.2, 0) is 20.9 Å². The Kier molecular flexibility index (Phi) is 9.33. The van der Waals surface area contributed by atoms with Crippen LogP contribution in [0.4, 0.5) is 4.39 Å². The van der Waals surface area contributed by atoms with E-state index in [2.05, 4.69) is 5.32 Å². The Hall–Kier alpha value is -2.03. The van der Waals surface area contributed by atoms with Crippen molar-refractivity contribution in [3.8, 4) is 0 Å². The minimum Gasteiger partial charge on any atom is -0.382 e. The van der Waals surface area contributed by atoms with Crippen LogP contribution in [0.25, 0.3) is 0 Å². The second kappa shape index (κ2) is 11.7. The number of methoxy groups -OCH3 is 1. The van der Waals surface area contributed by atoms with E-state index in [1.807, 2.05) is 0 Å². The lowest BCUT2D eigenvalue weighted by Gasteiger charge is -2.36. The van der Waals surface area contributed by atoms with Gasteiger partial charge in [0.1, 0.15) is 5.82 Å². The Bertz CT molecular complexity index is 656. The van der Waals surface area contributed by atoms with Crippen LogP contribution in [0.2, 0.25) is 0 Å². The molecule has 2 amide bonds. The smallest absolute Gasteiger partial charge is 0.254 e. The van der Waals surface area contributed by atoms with Crippen molar-refractivity contribution in [3.63, 3.8) is 0 Å². The van der Waals surface area contributed by atoms with Gasteiger partial charge >= 0.3 is 0 Å². The number of rotatable bonds is 10. The molecule has 1 aromatic carbocycles. The monoisotopic (exact) mass is 395 g/mol. The molecule has 0 aromatic heterocycles. The van der Waals surface area contributed by atoms with Gasteiger partial charge in [0.15, 0.2) is 0 Å². The largest absolute Gasteiger partial charge is 0.382 e. The standard InChI is InChI=1S/C20H30FN3O4/c1-27-10-11-28-14-16-12-15(5-6-18(16)21)20(26)24-9-3-2-4-17(24)13-23-19(25)7-8-22/h5-6,12,17H,2-4,7-11,13-14,22H2,1H3,(H,23,25). The maximum absolute atomic E-state index is 14.0. The summed E-state index contributed by atoms with van der Waals surface area (Å²) in [5.74, 6) is -0.674. The Morgan fingerprint density at radius 3 is 2.89 bits per heavy atom. The molecule has 28 heavy (non-hydrogen) atoms. The molecule has 156 valence electrons. The van der Waals surface area contributed by atoms with Gasteiger partial charge in [-0.3, -0.25) is 9.59 Å². The second-order valence-corrected chi connectivity index (χ2v) is 6.84. The number of piperidine rings is 1. The molecule has 1 heterocycles. The fourth-order valence-electron chi connectivity index (χ4n) is 3.24. The minimum absolute atomic E-state index is 0.0746. The third kappa shape index (κ3) is 6.54. The molecule has 0 aliphatic carbocycles.